The van der Waals surface area contributed by atoms with Gasteiger partial charge in [-0.1, -0.05) is 12.1 Å². The molecule has 1 amide bonds. The number of benzene rings is 1. The van der Waals surface area contributed by atoms with Crippen molar-refractivity contribution in [3.05, 3.63) is 46.8 Å². The molecule has 0 bridgehead atoms. The molecular formula is C20H22N2O8S2. The van der Waals surface area contributed by atoms with Crippen LogP contribution in [0.1, 0.15) is 15.2 Å². The third-order valence-electron chi connectivity index (χ3n) is 4.49. The summed E-state index contributed by atoms with van der Waals surface area (Å²) in [5, 5.41) is 2.50. The quantitative estimate of drug-likeness (QED) is 0.557. The molecule has 12 heteroatoms. The van der Waals surface area contributed by atoms with Crippen molar-refractivity contribution in [3.8, 4) is 0 Å². The summed E-state index contributed by atoms with van der Waals surface area (Å²) in [7, 11) is -2.41. The first-order chi connectivity index (χ1) is 15.3. The predicted molar refractivity (Wildman–Crippen MR) is 115 cm³/mol. The number of thiophene rings is 1. The molecule has 1 N–H and O–H groups in total. The Morgan fingerprint density at radius 2 is 1.84 bits per heavy atom. The van der Waals surface area contributed by atoms with Crippen molar-refractivity contribution in [2.45, 2.75) is 10.6 Å². The van der Waals surface area contributed by atoms with Gasteiger partial charge in [-0.15, -0.1) is 11.3 Å². The number of sulfonamides is 1. The molecule has 32 heavy (non-hydrogen) atoms. The molecule has 3 rings (SSSR count). The highest BCUT2D eigenvalue weighted by Gasteiger charge is 2.28. The lowest BCUT2D eigenvalue weighted by Crippen LogP contribution is -2.40. The van der Waals surface area contributed by atoms with Crippen molar-refractivity contribution in [3.63, 3.8) is 0 Å². The molecule has 0 atom stereocenters. The van der Waals surface area contributed by atoms with Crippen molar-refractivity contribution in [1.29, 1.82) is 0 Å². The molecule has 0 unspecified atom stereocenters. The molecule has 0 aliphatic carbocycles. The van der Waals surface area contributed by atoms with Gasteiger partial charge in [-0.05, 0) is 24.3 Å². The molecule has 172 valence electrons. The normalized spacial score (nSPS) is 14.5. The van der Waals surface area contributed by atoms with E-state index in [-0.39, 0.29) is 35.0 Å². The molecule has 2 aromatic rings. The van der Waals surface area contributed by atoms with Crippen LogP contribution >= 0.6 is 11.3 Å². The second-order valence-corrected chi connectivity index (χ2v) is 9.99. The van der Waals surface area contributed by atoms with E-state index in [0.717, 1.165) is 11.3 Å². The Kier molecular flexibility index (Phi) is 7.96. The Bertz CT molecular complexity index is 1090. The zero-order valence-corrected chi connectivity index (χ0v) is 18.9. The van der Waals surface area contributed by atoms with Gasteiger partial charge in [0.25, 0.3) is 15.9 Å². The first kappa shape index (κ1) is 23.9. The number of carbonyl (C=O) groups excluding carboxylic acids is 3. The van der Waals surface area contributed by atoms with Crippen LogP contribution in [0.5, 0.6) is 0 Å². The Morgan fingerprint density at radius 1 is 1.12 bits per heavy atom. The molecule has 2 heterocycles. The summed E-state index contributed by atoms with van der Waals surface area (Å²) in [6, 6.07) is 9.27. The molecule has 0 saturated carbocycles. The smallest absolute Gasteiger partial charge is 0.339 e. The third kappa shape index (κ3) is 5.91. The molecule has 0 radical (unpaired) electrons. The lowest BCUT2D eigenvalue weighted by Gasteiger charge is -2.25. The lowest BCUT2D eigenvalue weighted by molar-refractivity contribution is -0.146. The van der Waals surface area contributed by atoms with Crippen molar-refractivity contribution in [2.75, 3.05) is 45.3 Å². The summed E-state index contributed by atoms with van der Waals surface area (Å²) in [4.78, 5) is 36.5. The number of nitrogens with zero attached hydrogens (tertiary/aromatic N) is 1. The topological polar surface area (TPSA) is 128 Å². The van der Waals surface area contributed by atoms with E-state index in [1.807, 2.05) is 0 Å². The minimum atomic E-state index is -3.63. The van der Waals surface area contributed by atoms with Crippen LogP contribution in [0, 0.1) is 0 Å². The van der Waals surface area contributed by atoms with Crippen molar-refractivity contribution >= 4 is 44.9 Å². The average molecular weight is 483 g/mol. The molecule has 0 spiro atoms. The molecule has 1 aromatic heterocycles. The maximum atomic E-state index is 12.7. The number of nitrogens with one attached hydrogen (secondary N) is 1. The number of esters is 2. The van der Waals surface area contributed by atoms with E-state index in [9.17, 15) is 22.8 Å². The summed E-state index contributed by atoms with van der Waals surface area (Å²) in [5.41, 5.74) is 0.402. The molecule has 1 saturated heterocycles. The summed E-state index contributed by atoms with van der Waals surface area (Å²) >= 11 is 0.983. The third-order valence-corrected chi connectivity index (χ3v) is 7.94. The summed E-state index contributed by atoms with van der Waals surface area (Å²) in [6.45, 7) is 0.697. The van der Waals surface area contributed by atoms with E-state index >= 15 is 0 Å². The average Bonchev–Trinajstić information content (AvgIpc) is 3.27. The number of morpholine rings is 1. The maximum absolute atomic E-state index is 12.7. The van der Waals surface area contributed by atoms with Crippen molar-refractivity contribution < 1.29 is 37.0 Å². The van der Waals surface area contributed by atoms with Gasteiger partial charge in [-0.25, -0.2) is 13.2 Å². The van der Waals surface area contributed by atoms with E-state index < -0.39 is 34.5 Å². The Labute approximate surface area is 189 Å². The van der Waals surface area contributed by atoms with Gasteiger partial charge in [-0.2, -0.15) is 4.31 Å². The van der Waals surface area contributed by atoms with Crippen molar-refractivity contribution in [1.82, 2.24) is 4.31 Å². The Balaban J connectivity index is 1.53. The van der Waals surface area contributed by atoms with Gasteiger partial charge in [0.1, 0.15) is 4.21 Å². The number of hydrogen-bond acceptors (Lipinski definition) is 9. The summed E-state index contributed by atoms with van der Waals surface area (Å²) in [6.07, 6.45) is -0.171. The number of ether oxygens (including phenoxy) is 3. The van der Waals surface area contributed by atoms with Gasteiger partial charge in [0.05, 0.1) is 38.0 Å². The van der Waals surface area contributed by atoms with Crippen LogP contribution in [0.3, 0.4) is 0 Å². The first-order valence-corrected chi connectivity index (χ1v) is 11.9. The highest BCUT2D eigenvalue weighted by molar-refractivity contribution is 7.91. The van der Waals surface area contributed by atoms with E-state index in [4.69, 9.17) is 9.47 Å². The zero-order valence-electron chi connectivity index (χ0n) is 17.2. The van der Waals surface area contributed by atoms with E-state index in [0.29, 0.717) is 18.1 Å². The van der Waals surface area contributed by atoms with Gasteiger partial charge in [0.2, 0.25) is 0 Å². The van der Waals surface area contributed by atoms with Gasteiger partial charge < -0.3 is 19.5 Å². The van der Waals surface area contributed by atoms with Gasteiger partial charge >= 0.3 is 11.9 Å². The SMILES string of the molecule is COC(=O)c1ccccc1NC(=O)COC(=O)Cc1ccc(S(=O)(=O)N2CCOCC2)s1. The van der Waals surface area contributed by atoms with Crippen LogP contribution < -0.4 is 5.32 Å². The van der Waals surface area contributed by atoms with Gasteiger partial charge in [0.15, 0.2) is 6.61 Å². The summed E-state index contributed by atoms with van der Waals surface area (Å²) < 4.78 is 41.6. The highest BCUT2D eigenvalue weighted by atomic mass is 32.2. The number of anilines is 1. The van der Waals surface area contributed by atoms with Crippen LogP contribution in [-0.2, 0) is 40.2 Å². The number of methoxy groups -OCH3 is 1. The maximum Gasteiger partial charge on any atom is 0.339 e. The monoisotopic (exact) mass is 482 g/mol. The molecule has 1 aliphatic heterocycles. The Morgan fingerprint density at radius 3 is 2.56 bits per heavy atom. The summed E-state index contributed by atoms with van der Waals surface area (Å²) in [5.74, 6) is -1.92. The van der Waals surface area contributed by atoms with Crippen LogP contribution in [0.4, 0.5) is 5.69 Å². The number of amides is 1. The van der Waals surface area contributed by atoms with Crippen LogP contribution in [-0.4, -0.2) is 70.6 Å². The minimum Gasteiger partial charge on any atom is -0.465 e. The molecule has 1 aromatic carbocycles. The highest BCUT2D eigenvalue weighted by Crippen LogP contribution is 2.26. The lowest BCUT2D eigenvalue weighted by atomic mass is 10.2. The van der Waals surface area contributed by atoms with E-state index in [1.54, 1.807) is 18.2 Å². The van der Waals surface area contributed by atoms with Crippen LogP contribution in [0.2, 0.25) is 0 Å². The van der Waals surface area contributed by atoms with Crippen LogP contribution in [0.15, 0.2) is 40.6 Å². The predicted octanol–water partition coefficient (Wildman–Crippen LogP) is 1.28. The fourth-order valence-electron chi connectivity index (χ4n) is 2.91. The van der Waals surface area contributed by atoms with E-state index in [1.165, 1.54) is 29.6 Å². The fraction of sp³-hybridized carbons (Fsp3) is 0.350. The standard InChI is InChI=1S/C20H22N2O8S2/c1-28-20(25)15-4-2-3-5-16(15)21-17(23)13-30-18(24)12-14-6-7-19(31-14)32(26,27)22-8-10-29-11-9-22/h2-7H,8-13H2,1H3,(H,21,23). The Hall–Kier alpha value is -2.80. The van der Waals surface area contributed by atoms with Crippen LogP contribution in [0.25, 0.3) is 0 Å². The largest absolute Gasteiger partial charge is 0.465 e. The van der Waals surface area contributed by atoms with Gasteiger partial charge in [0, 0.05) is 18.0 Å². The minimum absolute atomic E-state index is 0.138. The fourth-order valence-corrected chi connectivity index (χ4v) is 5.82. The molecular weight excluding hydrogens is 460 g/mol. The van der Waals surface area contributed by atoms with Crippen molar-refractivity contribution in [2.24, 2.45) is 0 Å². The number of rotatable bonds is 8. The van der Waals surface area contributed by atoms with E-state index in [2.05, 4.69) is 10.1 Å². The zero-order chi connectivity index (χ0) is 23.1. The number of para-hydroxylation sites is 1. The second-order valence-electron chi connectivity index (χ2n) is 6.66. The molecule has 1 fully saturated rings. The number of hydrogen-bond donors (Lipinski definition) is 1. The molecule has 1 aliphatic rings. The first-order valence-electron chi connectivity index (χ1n) is 9.60. The second kappa shape index (κ2) is 10.7. The van der Waals surface area contributed by atoms with Gasteiger partial charge in [-0.3, -0.25) is 9.59 Å². The number of carbonyl (C=O) groups is 3. The molecule has 10 nitrogen and oxygen atoms in total.